The molecule has 4 atom stereocenters. The Morgan fingerprint density at radius 3 is 2.12 bits per heavy atom. The van der Waals surface area contributed by atoms with E-state index in [0.717, 1.165) is 22.6 Å². The third-order valence-corrected chi connectivity index (χ3v) is 17.6. The van der Waals surface area contributed by atoms with Gasteiger partial charge in [0, 0.05) is 20.2 Å². The summed E-state index contributed by atoms with van der Waals surface area (Å²) in [6.45, 7) is 28.2. The fourth-order valence-corrected chi connectivity index (χ4v) is 8.38. The lowest BCUT2D eigenvalue weighted by Crippen LogP contribution is -2.47. The summed E-state index contributed by atoms with van der Waals surface area (Å²) in [5, 5.41) is 0.590. The van der Waals surface area contributed by atoms with E-state index in [4.69, 9.17) is 54.3 Å². The Balaban J connectivity index is 1.25. The van der Waals surface area contributed by atoms with Gasteiger partial charge in [-0.05, 0) is 63.4 Å². The molecule has 0 spiro atoms. The SMILES string of the molecule is CC1(C)OB(c2ccc(-c3nc4nc(O[C@@H]5CO[C@H]6[C@@H]5OC[C@H]6O[Si](C)(C)C(C)(C)C)n(COCC[Si](C)(C)C)c4cc3Cl)cc2)OC1(C)C. The average molecular weight is 744 g/mol. The maximum absolute atomic E-state index is 6.95. The lowest BCUT2D eigenvalue weighted by atomic mass is 9.79. The minimum atomic E-state index is -2.01. The minimum Gasteiger partial charge on any atom is -0.456 e. The van der Waals surface area contributed by atoms with E-state index in [9.17, 15) is 0 Å². The molecule has 6 rings (SSSR count). The van der Waals surface area contributed by atoms with E-state index >= 15 is 0 Å². The quantitative estimate of drug-likeness (QED) is 0.148. The molecule has 14 heteroatoms. The predicted octanol–water partition coefficient (Wildman–Crippen LogP) is 7.30. The highest BCUT2D eigenvalue weighted by Crippen LogP contribution is 2.41. The summed E-state index contributed by atoms with van der Waals surface area (Å²) < 4.78 is 46.5. The van der Waals surface area contributed by atoms with E-state index in [1.165, 1.54) is 0 Å². The summed E-state index contributed by atoms with van der Waals surface area (Å²) >= 11 is 6.95. The van der Waals surface area contributed by atoms with Crippen molar-refractivity contribution >= 4 is 51.7 Å². The highest BCUT2D eigenvalue weighted by atomic mass is 35.5. The Kier molecular flexibility index (Phi) is 10.3. The van der Waals surface area contributed by atoms with Crippen molar-refractivity contribution in [2.75, 3.05) is 19.8 Å². The number of nitrogens with zero attached hydrogens (tertiary/aromatic N) is 3. The van der Waals surface area contributed by atoms with Gasteiger partial charge in [0.05, 0.1) is 46.8 Å². The fraction of sp³-hybridized carbons (Fsp3) is 0.667. The van der Waals surface area contributed by atoms with Crippen molar-refractivity contribution in [2.24, 2.45) is 0 Å². The third kappa shape index (κ3) is 7.63. The fourth-order valence-electron chi connectivity index (χ4n) is 6.05. The van der Waals surface area contributed by atoms with Crippen LogP contribution in [0.25, 0.3) is 22.4 Å². The zero-order valence-electron chi connectivity index (χ0n) is 31.9. The second-order valence-corrected chi connectivity index (χ2v) is 28.5. The van der Waals surface area contributed by atoms with Gasteiger partial charge in [-0.1, -0.05) is 76.3 Å². The van der Waals surface area contributed by atoms with Crippen LogP contribution in [-0.4, -0.2) is 93.5 Å². The van der Waals surface area contributed by atoms with Crippen molar-refractivity contribution < 1.29 is 32.7 Å². The summed E-state index contributed by atoms with van der Waals surface area (Å²) in [6.07, 6.45) is -0.944. The Bertz CT molecular complexity index is 1670. The molecule has 3 aromatic rings. The van der Waals surface area contributed by atoms with Gasteiger partial charge in [-0.3, -0.25) is 4.57 Å². The summed E-state index contributed by atoms with van der Waals surface area (Å²) in [5.74, 6) is 0. The number of imidazole rings is 1. The molecule has 0 N–H and O–H groups in total. The summed E-state index contributed by atoms with van der Waals surface area (Å²) in [4.78, 5) is 9.84. The number of benzene rings is 1. The summed E-state index contributed by atoms with van der Waals surface area (Å²) in [7, 11) is -3.75. The molecule has 274 valence electrons. The van der Waals surface area contributed by atoms with E-state index < -0.39 is 34.7 Å². The number of ether oxygens (including phenoxy) is 4. The second-order valence-electron chi connectivity index (χ2n) is 17.7. The molecule has 3 aliphatic heterocycles. The predicted molar refractivity (Wildman–Crippen MR) is 204 cm³/mol. The van der Waals surface area contributed by atoms with Crippen molar-refractivity contribution in [3.05, 3.63) is 35.4 Å². The first kappa shape index (κ1) is 37.9. The normalized spacial score (nSPS) is 25.1. The Morgan fingerprint density at radius 1 is 0.920 bits per heavy atom. The number of fused-ring (bicyclic) bond motifs is 2. The van der Waals surface area contributed by atoms with Crippen molar-refractivity contribution in [3.8, 4) is 17.3 Å². The second kappa shape index (κ2) is 13.6. The number of rotatable bonds is 11. The molecule has 3 saturated heterocycles. The molecule has 0 unspecified atom stereocenters. The van der Waals surface area contributed by atoms with Gasteiger partial charge in [0.2, 0.25) is 0 Å². The number of aromatic nitrogens is 3. The van der Waals surface area contributed by atoms with Crippen LogP contribution in [0.2, 0.25) is 48.8 Å². The summed E-state index contributed by atoms with van der Waals surface area (Å²) in [6, 6.07) is 11.3. The first-order valence-electron chi connectivity index (χ1n) is 17.8. The van der Waals surface area contributed by atoms with E-state index in [2.05, 4.69) is 81.2 Å². The zero-order chi connectivity index (χ0) is 36.4. The Hall–Kier alpha value is -1.81. The van der Waals surface area contributed by atoms with Crippen LogP contribution in [-0.2, 0) is 34.7 Å². The highest BCUT2D eigenvalue weighted by molar-refractivity contribution is 6.76. The standard InChI is InChI=1S/C36H55BClN3O7Si2/c1-34(2,3)50(11,12)46-28-21-44-30-27(20-43-31(28)30)45-33-40-32-26(41(33)22-42-17-18-49(8,9)10)19-25(38)29(39-32)23-13-15-24(16-14-23)37-47-35(4,5)36(6,7)48-37/h13-16,19,27-28,30-31H,17-18,20-22H2,1-12H3/t27-,28-,30-,31-/m1/s1. The number of hydrogen-bond acceptors (Lipinski definition) is 9. The van der Waals surface area contributed by atoms with Crippen molar-refractivity contribution in [3.63, 3.8) is 0 Å². The van der Waals surface area contributed by atoms with E-state index in [1.54, 1.807) is 0 Å². The smallest absolute Gasteiger partial charge is 0.456 e. The summed E-state index contributed by atoms with van der Waals surface area (Å²) in [5.41, 5.74) is 2.84. The number of halogens is 1. The van der Waals surface area contributed by atoms with Crippen molar-refractivity contribution in [2.45, 2.75) is 135 Å². The monoisotopic (exact) mass is 743 g/mol. The van der Waals surface area contributed by atoms with Gasteiger partial charge in [0.15, 0.2) is 20.1 Å². The molecule has 0 amide bonds. The van der Waals surface area contributed by atoms with Crippen LogP contribution in [0.4, 0.5) is 0 Å². The molecular formula is C36H55BClN3O7Si2. The van der Waals surface area contributed by atoms with Crippen LogP contribution in [0.3, 0.4) is 0 Å². The van der Waals surface area contributed by atoms with Gasteiger partial charge >= 0.3 is 13.1 Å². The molecule has 1 aromatic carbocycles. The van der Waals surface area contributed by atoms with Crippen molar-refractivity contribution in [1.82, 2.24) is 14.5 Å². The Morgan fingerprint density at radius 2 is 1.52 bits per heavy atom. The highest BCUT2D eigenvalue weighted by Gasteiger charge is 2.53. The molecule has 3 aliphatic rings. The van der Waals surface area contributed by atoms with Crippen molar-refractivity contribution in [1.29, 1.82) is 0 Å². The number of hydrogen-bond donors (Lipinski definition) is 0. The molecule has 50 heavy (non-hydrogen) atoms. The molecule has 0 radical (unpaired) electrons. The van der Waals surface area contributed by atoms with Crippen LogP contribution >= 0.6 is 11.6 Å². The van der Waals surface area contributed by atoms with Crippen LogP contribution in [0.5, 0.6) is 6.01 Å². The lowest BCUT2D eigenvalue weighted by Gasteiger charge is -2.39. The molecule has 5 heterocycles. The molecular weight excluding hydrogens is 689 g/mol. The van der Waals surface area contributed by atoms with Crippen LogP contribution in [0.1, 0.15) is 48.5 Å². The lowest BCUT2D eigenvalue weighted by molar-refractivity contribution is 0.00578. The molecule has 2 aromatic heterocycles. The number of pyridine rings is 1. The average Bonchev–Trinajstić information content (AvgIpc) is 3.72. The van der Waals surface area contributed by atoms with Gasteiger partial charge in [-0.2, -0.15) is 4.98 Å². The largest absolute Gasteiger partial charge is 0.494 e. The van der Waals surface area contributed by atoms with Gasteiger partial charge < -0.3 is 32.7 Å². The van der Waals surface area contributed by atoms with E-state index in [-0.39, 0.29) is 36.2 Å². The molecule has 3 fully saturated rings. The zero-order valence-corrected chi connectivity index (χ0v) is 34.6. The van der Waals surface area contributed by atoms with E-state index in [1.807, 2.05) is 34.9 Å². The van der Waals surface area contributed by atoms with Crippen LogP contribution < -0.4 is 10.2 Å². The molecule has 0 bridgehead atoms. The minimum absolute atomic E-state index is 0.0856. The maximum Gasteiger partial charge on any atom is 0.494 e. The maximum atomic E-state index is 6.95. The first-order chi connectivity index (χ1) is 23.2. The molecule has 10 nitrogen and oxygen atoms in total. The van der Waals surface area contributed by atoms with E-state index in [0.29, 0.717) is 42.2 Å². The van der Waals surface area contributed by atoms with Gasteiger partial charge in [0.25, 0.3) is 0 Å². The molecule has 0 aliphatic carbocycles. The third-order valence-electron chi connectivity index (χ3n) is 11.1. The van der Waals surface area contributed by atoms with Gasteiger partial charge in [-0.25, -0.2) is 4.98 Å². The first-order valence-corrected chi connectivity index (χ1v) is 24.8. The Labute approximate surface area is 305 Å². The van der Waals surface area contributed by atoms with Gasteiger partial charge in [0.1, 0.15) is 18.9 Å². The van der Waals surface area contributed by atoms with Crippen LogP contribution in [0.15, 0.2) is 30.3 Å². The van der Waals surface area contributed by atoms with Crippen LogP contribution in [0, 0.1) is 0 Å². The molecule has 0 saturated carbocycles. The van der Waals surface area contributed by atoms with Gasteiger partial charge in [-0.15, -0.1) is 0 Å². The topological polar surface area (TPSA) is 95.3 Å².